The van der Waals surface area contributed by atoms with Crippen molar-refractivity contribution < 1.29 is 18.7 Å². The van der Waals surface area contributed by atoms with Crippen molar-refractivity contribution in [3.8, 4) is 5.75 Å². The van der Waals surface area contributed by atoms with Crippen LogP contribution in [0.2, 0.25) is 0 Å². The molecule has 34 heavy (non-hydrogen) atoms. The van der Waals surface area contributed by atoms with Crippen molar-refractivity contribution in [1.82, 2.24) is 9.88 Å². The Balaban J connectivity index is 1.61. The number of benzene rings is 2. The highest BCUT2D eigenvalue weighted by Gasteiger charge is 2.23. The SMILES string of the molecule is COCCN(Cc1cc2ccc(F)cc2nc1N1CCN(c2cccc(OC)c2)CC1)C(C)=O. The summed E-state index contributed by atoms with van der Waals surface area (Å²) in [6.07, 6.45) is 0. The Kier molecular flexibility index (Phi) is 7.47. The van der Waals surface area contributed by atoms with E-state index >= 15 is 0 Å². The zero-order chi connectivity index (χ0) is 24.1. The van der Waals surface area contributed by atoms with Gasteiger partial charge in [0.1, 0.15) is 17.4 Å². The highest BCUT2D eigenvalue weighted by molar-refractivity contribution is 5.82. The quantitative estimate of drug-likeness (QED) is 0.505. The van der Waals surface area contributed by atoms with E-state index in [9.17, 15) is 9.18 Å². The van der Waals surface area contributed by atoms with Gasteiger partial charge in [-0.1, -0.05) is 6.07 Å². The average Bonchev–Trinajstić information content (AvgIpc) is 2.86. The Bertz CT molecular complexity index is 1150. The zero-order valence-corrected chi connectivity index (χ0v) is 20.0. The molecule has 0 spiro atoms. The maximum atomic E-state index is 13.9. The predicted molar refractivity (Wildman–Crippen MR) is 132 cm³/mol. The summed E-state index contributed by atoms with van der Waals surface area (Å²) in [7, 11) is 3.29. The van der Waals surface area contributed by atoms with Gasteiger partial charge in [-0.15, -0.1) is 0 Å². The molecule has 2 aromatic carbocycles. The minimum absolute atomic E-state index is 0.0231. The molecule has 1 fully saturated rings. The van der Waals surface area contributed by atoms with Crippen molar-refractivity contribution in [2.75, 3.05) is 63.4 Å². The fraction of sp³-hybridized carbons (Fsp3) is 0.385. The number of pyridine rings is 1. The molecule has 0 N–H and O–H groups in total. The fourth-order valence-corrected chi connectivity index (χ4v) is 4.30. The molecule has 0 unspecified atom stereocenters. The minimum Gasteiger partial charge on any atom is -0.497 e. The van der Waals surface area contributed by atoms with Crippen molar-refractivity contribution in [1.29, 1.82) is 0 Å². The molecule has 7 nitrogen and oxygen atoms in total. The lowest BCUT2D eigenvalue weighted by Crippen LogP contribution is -2.47. The van der Waals surface area contributed by atoms with E-state index in [1.807, 2.05) is 24.3 Å². The average molecular weight is 467 g/mol. The topological polar surface area (TPSA) is 58.1 Å². The lowest BCUT2D eigenvalue weighted by molar-refractivity contribution is -0.130. The molecule has 0 saturated carbocycles. The van der Waals surface area contributed by atoms with Gasteiger partial charge in [-0.2, -0.15) is 0 Å². The molecule has 1 amide bonds. The number of ether oxygens (including phenoxy) is 2. The summed E-state index contributed by atoms with van der Waals surface area (Å²) in [6, 6.07) is 14.7. The largest absolute Gasteiger partial charge is 0.497 e. The summed E-state index contributed by atoms with van der Waals surface area (Å²) in [4.78, 5) is 23.4. The third kappa shape index (κ3) is 5.39. The highest BCUT2D eigenvalue weighted by Crippen LogP contribution is 2.28. The van der Waals surface area contributed by atoms with Gasteiger partial charge >= 0.3 is 0 Å². The smallest absolute Gasteiger partial charge is 0.219 e. The molecule has 0 aliphatic carbocycles. The number of piperazine rings is 1. The first-order valence-corrected chi connectivity index (χ1v) is 11.5. The Hall–Kier alpha value is -3.39. The van der Waals surface area contributed by atoms with E-state index in [-0.39, 0.29) is 11.7 Å². The number of amides is 1. The van der Waals surface area contributed by atoms with Crippen LogP contribution in [0.4, 0.5) is 15.9 Å². The van der Waals surface area contributed by atoms with Crippen LogP contribution in [0.3, 0.4) is 0 Å². The zero-order valence-electron chi connectivity index (χ0n) is 20.0. The highest BCUT2D eigenvalue weighted by atomic mass is 19.1. The van der Waals surface area contributed by atoms with Crippen LogP contribution in [-0.2, 0) is 16.1 Å². The number of halogens is 1. The van der Waals surface area contributed by atoms with E-state index in [1.54, 1.807) is 32.1 Å². The Morgan fingerprint density at radius 2 is 1.82 bits per heavy atom. The lowest BCUT2D eigenvalue weighted by atomic mass is 10.1. The van der Waals surface area contributed by atoms with Gasteiger partial charge < -0.3 is 24.2 Å². The van der Waals surface area contributed by atoms with Gasteiger partial charge in [-0.3, -0.25) is 4.79 Å². The monoisotopic (exact) mass is 466 g/mol. The number of carbonyl (C=O) groups excluding carboxylic acids is 1. The van der Waals surface area contributed by atoms with Crippen molar-refractivity contribution in [3.05, 3.63) is 59.9 Å². The van der Waals surface area contributed by atoms with E-state index in [2.05, 4.69) is 15.9 Å². The summed E-state index contributed by atoms with van der Waals surface area (Å²) in [5.74, 6) is 1.30. The second kappa shape index (κ2) is 10.7. The first kappa shape index (κ1) is 23.8. The van der Waals surface area contributed by atoms with E-state index in [0.717, 1.165) is 54.4 Å². The van der Waals surface area contributed by atoms with E-state index in [0.29, 0.717) is 25.2 Å². The summed E-state index contributed by atoms with van der Waals surface area (Å²) < 4.78 is 24.5. The Labute approximate surface area is 199 Å². The lowest BCUT2D eigenvalue weighted by Gasteiger charge is -2.38. The molecule has 1 saturated heterocycles. The maximum Gasteiger partial charge on any atom is 0.219 e. The molecule has 180 valence electrons. The molecule has 0 radical (unpaired) electrons. The standard InChI is InChI=1S/C26H31FN4O3/c1-19(32)31(13-14-33-2)18-21-15-20-7-8-22(27)16-25(20)28-26(21)30-11-9-29(10-12-30)23-5-4-6-24(17-23)34-3/h4-8,15-17H,9-14,18H2,1-3H3. The van der Waals surface area contributed by atoms with Crippen LogP contribution in [0.25, 0.3) is 10.9 Å². The van der Waals surface area contributed by atoms with E-state index < -0.39 is 0 Å². The molecule has 0 atom stereocenters. The number of hydrogen-bond acceptors (Lipinski definition) is 6. The Morgan fingerprint density at radius 1 is 1.06 bits per heavy atom. The number of anilines is 2. The van der Waals surface area contributed by atoms with Crippen LogP contribution in [0.15, 0.2) is 48.5 Å². The molecule has 1 aromatic heterocycles. The number of carbonyl (C=O) groups is 1. The van der Waals surface area contributed by atoms with E-state index in [4.69, 9.17) is 14.5 Å². The van der Waals surface area contributed by atoms with Crippen molar-refractivity contribution in [2.45, 2.75) is 13.5 Å². The molecular weight excluding hydrogens is 435 g/mol. The van der Waals surface area contributed by atoms with E-state index in [1.165, 1.54) is 12.1 Å². The molecule has 1 aliphatic heterocycles. The Morgan fingerprint density at radius 3 is 2.53 bits per heavy atom. The van der Waals surface area contributed by atoms with Gasteiger partial charge in [0, 0.05) is 82.1 Å². The van der Waals surface area contributed by atoms with Gasteiger partial charge in [0.2, 0.25) is 5.91 Å². The molecule has 0 bridgehead atoms. The summed E-state index contributed by atoms with van der Waals surface area (Å²) in [5, 5.41) is 0.852. The molecule has 1 aliphatic rings. The number of rotatable bonds is 8. The van der Waals surface area contributed by atoms with Crippen LogP contribution >= 0.6 is 0 Å². The molecule has 4 rings (SSSR count). The number of methoxy groups -OCH3 is 2. The molecule has 3 aromatic rings. The summed E-state index contributed by atoms with van der Waals surface area (Å²) in [6.45, 7) is 6.09. The van der Waals surface area contributed by atoms with Crippen LogP contribution in [0, 0.1) is 5.82 Å². The third-order valence-corrected chi connectivity index (χ3v) is 6.21. The van der Waals surface area contributed by atoms with Gasteiger partial charge in [0.25, 0.3) is 0 Å². The normalized spacial score (nSPS) is 13.9. The number of fused-ring (bicyclic) bond motifs is 1. The first-order chi connectivity index (χ1) is 16.5. The summed E-state index contributed by atoms with van der Waals surface area (Å²) in [5.41, 5.74) is 2.68. The van der Waals surface area contributed by atoms with Gasteiger partial charge in [-0.05, 0) is 30.3 Å². The van der Waals surface area contributed by atoms with Crippen LogP contribution in [-0.4, -0.2) is 69.3 Å². The van der Waals surface area contributed by atoms with Crippen molar-refractivity contribution >= 4 is 28.3 Å². The second-order valence-electron chi connectivity index (χ2n) is 8.42. The van der Waals surface area contributed by atoms with Gasteiger partial charge in [0.15, 0.2) is 0 Å². The molecule has 8 heteroatoms. The van der Waals surface area contributed by atoms with Crippen LogP contribution < -0.4 is 14.5 Å². The number of hydrogen-bond donors (Lipinski definition) is 0. The number of nitrogens with zero attached hydrogens (tertiary/aromatic N) is 4. The fourth-order valence-electron chi connectivity index (χ4n) is 4.30. The van der Waals surface area contributed by atoms with Crippen LogP contribution in [0.5, 0.6) is 5.75 Å². The molecule has 2 heterocycles. The van der Waals surface area contributed by atoms with Crippen molar-refractivity contribution in [3.63, 3.8) is 0 Å². The van der Waals surface area contributed by atoms with Crippen LogP contribution in [0.1, 0.15) is 12.5 Å². The first-order valence-electron chi connectivity index (χ1n) is 11.5. The number of aromatic nitrogens is 1. The third-order valence-electron chi connectivity index (χ3n) is 6.21. The maximum absolute atomic E-state index is 13.9. The second-order valence-corrected chi connectivity index (χ2v) is 8.42. The summed E-state index contributed by atoms with van der Waals surface area (Å²) >= 11 is 0. The van der Waals surface area contributed by atoms with Gasteiger partial charge in [0.05, 0.1) is 19.2 Å². The predicted octanol–water partition coefficient (Wildman–Crippen LogP) is 3.70. The van der Waals surface area contributed by atoms with Gasteiger partial charge in [-0.25, -0.2) is 9.37 Å². The molecular formula is C26H31FN4O3. The van der Waals surface area contributed by atoms with Crippen molar-refractivity contribution in [2.24, 2.45) is 0 Å². The minimum atomic E-state index is -0.313.